The number of hydrogen-bond acceptors (Lipinski definition) is 7. The van der Waals surface area contributed by atoms with Crippen molar-refractivity contribution in [3.63, 3.8) is 0 Å². The van der Waals surface area contributed by atoms with Crippen LogP contribution in [0.4, 0.5) is 22.0 Å². The van der Waals surface area contributed by atoms with Gasteiger partial charge in [0.1, 0.15) is 28.9 Å². The van der Waals surface area contributed by atoms with Crippen LogP contribution in [0.25, 0.3) is 0 Å². The second-order valence-electron chi connectivity index (χ2n) is 8.53. The van der Waals surface area contributed by atoms with E-state index in [0.717, 1.165) is 12.8 Å². The fourth-order valence-corrected chi connectivity index (χ4v) is 4.00. The van der Waals surface area contributed by atoms with Crippen molar-refractivity contribution in [2.24, 2.45) is 5.73 Å². The number of ether oxygens (including phenoxy) is 4. The van der Waals surface area contributed by atoms with Gasteiger partial charge in [-0.1, -0.05) is 37.6 Å². The molecule has 2 N–H and O–H groups in total. The summed E-state index contributed by atoms with van der Waals surface area (Å²) in [6.07, 6.45) is 1.75. The molecule has 1 heterocycles. The number of carbonyl (C=O) groups excluding carboxylic acids is 1. The Morgan fingerprint density at radius 2 is 1.65 bits per heavy atom. The van der Waals surface area contributed by atoms with Gasteiger partial charge >= 0.3 is 5.97 Å². The van der Waals surface area contributed by atoms with Gasteiger partial charge in [-0.2, -0.15) is 14.0 Å². The minimum Gasteiger partial charge on any atom is -0.493 e. The second-order valence-corrected chi connectivity index (χ2v) is 8.53. The van der Waals surface area contributed by atoms with Crippen LogP contribution in [0.2, 0.25) is 0 Å². The van der Waals surface area contributed by atoms with Gasteiger partial charge in [0.05, 0.1) is 12.5 Å². The number of esters is 1. The Kier molecular flexibility index (Phi) is 8.43. The zero-order chi connectivity index (χ0) is 29.0. The van der Waals surface area contributed by atoms with Crippen molar-refractivity contribution in [2.75, 3.05) is 13.2 Å². The Balaban J connectivity index is 1.57. The predicted molar refractivity (Wildman–Crippen MR) is 130 cm³/mol. The zero-order valence-electron chi connectivity index (χ0n) is 20.9. The molecule has 1 aliphatic heterocycles. The van der Waals surface area contributed by atoms with Crippen LogP contribution < -0.4 is 24.7 Å². The van der Waals surface area contributed by atoms with Crippen LogP contribution in [-0.4, -0.2) is 19.2 Å². The van der Waals surface area contributed by atoms with Crippen LogP contribution in [-0.2, 0) is 4.79 Å². The quantitative estimate of drug-likeness (QED) is 0.0886. The third-order valence-corrected chi connectivity index (χ3v) is 5.91. The average Bonchev–Trinajstić information content (AvgIpc) is 2.94. The summed E-state index contributed by atoms with van der Waals surface area (Å²) < 4.78 is 88.7. The molecule has 1 unspecified atom stereocenters. The third-order valence-electron chi connectivity index (χ3n) is 5.91. The molecule has 0 radical (unpaired) electrons. The van der Waals surface area contributed by atoms with E-state index >= 15 is 0 Å². The normalized spacial score (nSPS) is 14.2. The summed E-state index contributed by atoms with van der Waals surface area (Å²) in [6, 6.07) is 13.4. The highest BCUT2D eigenvalue weighted by Crippen LogP contribution is 2.46. The summed E-state index contributed by atoms with van der Waals surface area (Å²) in [5, 5.41) is 9.83. The van der Waals surface area contributed by atoms with Gasteiger partial charge < -0.3 is 24.7 Å². The third kappa shape index (κ3) is 5.49. The summed E-state index contributed by atoms with van der Waals surface area (Å²) in [6.45, 7) is 1.31. The molecule has 1 aliphatic rings. The van der Waals surface area contributed by atoms with Crippen molar-refractivity contribution in [1.29, 1.82) is 5.26 Å². The topological polar surface area (TPSA) is 104 Å². The average molecular weight is 560 g/mol. The Bertz CT molecular complexity index is 1510. The van der Waals surface area contributed by atoms with Crippen LogP contribution in [0.1, 0.15) is 36.8 Å². The lowest BCUT2D eigenvalue weighted by molar-refractivity contribution is -0.136. The number of halogens is 5. The highest BCUT2D eigenvalue weighted by Gasteiger charge is 2.33. The first-order valence-corrected chi connectivity index (χ1v) is 12.0. The van der Waals surface area contributed by atoms with E-state index in [2.05, 4.69) is 10.8 Å². The lowest BCUT2D eigenvalue weighted by atomic mass is 9.83. The summed E-state index contributed by atoms with van der Waals surface area (Å²) in [5.74, 6) is -14.4. The molecule has 3 aromatic rings. The standard InChI is InChI=1S/C28H21F5N2O5/c1-2-3-10-37-18-7-5-4-6-15(18)21-16-9-8-14(11-19(16)40-28(35)17(21)12-34)39-20(36)13-38-27-25(32)23(30)22(29)24(31)26(27)33/h4-9,11,21H,2-3,10,13,35H2,1H3. The molecule has 0 saturated carbocycles. The molecule has 0 aromatic heterocycles. The number of benzene rings is 3. The summed E-state index contributed by atoms with van der Waals surface area (Å²) in [7, 11) is 0. The van der Waals surface area contributed by atoms with Gasteiger partial charge in [-0.05, 0) is 18.6 Å². The van der Waals surface area contributed by atoms with Crippen LogP contribution >= 0.6 is 0 Å². The molecule has 0 spiro atoms. The number of unbranched alkanes of at least 4 members (excludes halogenated alkanes) is 1. The zero-order valence-corrected chi connectivity index (χ0v) is 20.9. The smallest absolute Gasteiger partial charge is 0.349 e. The minimum atomic E-state index is -2.36. The van der Waals surface area contributed by atoms with E-state index in [-0.39, 0.29) is 23.0 Å². The van der Waals surface area contributed by atoms with Gasteiger partial charge in [-0.25, -0.2) is 18.0 Å². The molecule has 12 heteroatoms. The van der Waals surface area contributed by atoms with Crippen molar-refractivity contribution in [1.82, 2.24) is 0 Å². The van der Waals surface area contributed by atoms with E-state index in [4.69, 9.17) is 19.9 Å². The number of hydrogen-bond donors (Lipinski definition) is 1. The Labute approximate surface area is 225 Å². The molecule has 0 fully saturated rings. The highest BCUT2D eigenvalue weighted by molar-refractivity contribution is 5.74. The van der Waals surface area contributed by atoms with E-state index in [1.807, 2.05) is 6.92 Å². The first-order chi connectivity index (χ1) is 19.2. The number of rotatable bonds is 9. The van der Waals surface area contributed by atoms with Gasteiger partial charge in [-0.15, -0.1) is 0 Å². The molecule has 7 nitrogen and oxygen atoms in total. The van der Waals surface area contributed by atoms with E-state index in [1.54, 1.807) is 24.3 Å². The van der Waals surface area contributed by atoms with Crippen molar-refractivity contribution in [3.05, 3.63) is 94.1 Å². The van der Waals surface area contributed by atoms with Crippen molar-refractivity contribution in [2.45, 2.75) is 25.7 Å². The Morgan fingerprint density at radius 1 is 0.975 bits per heavy atom. The van der Waals surface area contributed by atoms with Crippen LogP contribution in [0.5, 0.6) is 23.0 Å². The molecule has 0 aliphatic carbocycles. The summed E-state index contributed by atoms with van der Waals surface area (Å²) in [5.41, 5.74) is 7.34. The fraction of sp³-hybridized carbons (Fsp3) is 0.214. The maximum atomic E-state index is 13.8. The fourth-order valence-electron chi connectivity index (χ4n) is 4.00. The second kappa shape index (κ2) is 11.9. The van der Waals surface area contributed by atoms with E-state index in [0.29, 0.717) is 23.5 Å². The number of fused-ring (bicyclic) bond motifs is 1. The molecule has 3 aromatic carbocycles. The SMILES string of the molecule is CCCCOc1ccccc1C1C(C#N)=C(N)Oc2cc(OC(=O)COc3c(F)c(F)c(F)c(F)c3F)ccc21. The first kappa shape index (κ1) is 28.2. The van der Waals surface area contributed by atoms with Gasteiger partial charge in [-0.3, -0.25) is 0 Å². The van der Waals surface area contributed by atoms with Gasteiger partial charge in [0.25, 0.3) is 0 Å². The molecule has 0 amide bonds. The number of para-hydroxylation sites is 1. The van der Waals surface area contributed by atoms with Crippen LogP contribution in [0.15, 0.2) is 53.9 Å². The lowest BCUT2D eigenvalue weighted by Gasteiger charge is -2.28. The molecule has 4 rings (SSSR count). The Hall–Kier alpha value is -4.79. The highest BCUT2D eigenvalue weighted by atomic mass is 19.2. The maximum Gasteiger partial charge on any atom is 0.349 e. The lowest BCUT2D eigenvalue weighted by Crippen LogP contribution is -2.22. The van der Waals surface area contributed by atoms with Crippen molar-refractivity contribution < 1.29 is 45.7 Å². The molecule has 0 saturated heterocycles. The summed E-state index contributed by atoms with van der Waals surface area (Å²) >= 11 is 0. The van der Waals surface area contributed by atoms with Crippen molar-refractivity contribution >= 4 is 5.97 Å². The van der Waals surface area contributed by atoms with Gasteiger partial charge in [0.2, 0.25) is 35.0 Å². The molecule has 208 valence electrons. The summed E-state index contributed by atoms with van der Waals surface area (Å²) in [4.78, 5) is 12.2. The number of nitrogens with zero attached hydrogens (tertiary/aromatic N) is 1. The Morgan fingerprint density at radius 3 is 2.33 bits per heavy atom. The van der Waals surface area contributed by atoms with Gasteiger partial charge in [0.15, 0.2) is 12.4 Å². The van der Waals surface area contributed by atoms with Crippen LogP contribution in [0.3, 0.4) is 0 Å². The number of nitrogens with two attached hydrogens (primary N) is 1. The molecular weight excluding hydrogens is 539 g/mol. The molecule has 1 atom stereocenters. The van der Waals surface area contributed by atoms with E-state index < -0.39 is 53.3 Å². The number of carbonyl (C=O) groups is 1. The van der Waals surface area contributed by atoms with Crippen LogP contribution in [0, 0.1) is 40.4 Å². The van der Waals surface area contributed by atoms with E-state index in [9.17, 15) is 32.0 Å². The molecule has 0 bridgehead atoms. The largest absolute Gasteiger partial charge is 0.493 e. The van der Waals surface area contributed by atoms with E-state index in [1.165, 1.54) is 18.2 Å². The van der Waals surface area contributed by atoms with Gasteiger partial charge in [0, 0.05) is 17.2 Å². The molecule has 40 heavy (non-hydrogen) atoms. The maximum absolute atomic E-state index is 13.8. The number of allylic oxidation sites excluding steroid dienone is 1. The minimum absolute atomic E-state index is 0.107. The van der Waals surface area contributed by atoms with Crippen molar-refractivity contribution in [3.8, 4) is 29.1 Å². The number of nitriles is 1. The predicted octanol–water partition coefficient (Wildman–Crippen LogP) is 5.76. The first-order valence-electron chi connectivity index (χ1n) is 12.0. The molecular formula is C28H21F5N2O5. The monoisotopic (exact) mass is 560 g/mol.